The van der Waals surface area contributed by atoms with Crippen molar-refractivity contribution in [2.24, 2.45) is 5.14 Å². The van der Waals surface area contributed by atoms with Gasteiger partial charge in [0.15, 0.2) is 0 Å². The SMILES string of the molecule is NS(=O)(=O)c1cccc(-c2cc(F)cc(F)c2)c1C1NNNN1. The Labute approximate surface area is 130 Å². The summed E-state index contributed by atoms with van der Waals surface area (Å²) in [5, 5.41) is 5.26. The molecule has 1 aliphatic heterocycles. The van der Waals surface area contributed by atoms with E-state index in [-0.39, 0.29) is 16.0 Å². The largest absolute Gasteiger partial charge is 0.238 e. The van der Waals surface area contributed by atoms with Crippen LogP contribution < -0.4 is 27.1 Å². The van der Waals surface area contributed by atoms with E-state index in [2.05, 4.69) is 21.9 Å². The molecule has 0 aliphatic carbocycles. The van der Waals surface area contributed by atoms with Crippen LogP contribution in [0.1, 0.15) is 11.7 Å². The predicted octanol–water partition coefficient (Wildman–Crippen LogP) is 0.395. The fraction of sp³-hybridized carbons (Fsp3) is 0.0769. The minimum absolute atomic E-state index is 0.157. The zero-order valence-electron chi connectivity index (χ0n) is 11.6. The second kappa shape index (κ2) is 5.92. The minimum atomic E-state index is -4.04. The van der Waals surface area contributed by atoms with E-state index >= 15 is 0 Å². The first-order valence-electron chi connectivity index (χ1n) is 6.49. The fourth-order valence-electron chi connectivity index (χ4n) is 2.45. The Kier molecular flexibility index (Phi) is 4.10. The van der Waals surface area contributed by atoms with Crippen LogP contribution in [0, 0.1) is 11.6 Å². The molecule has 23 heavy (non-hydrogen) atoms. The summed E-state index contributed by atoms with van der Waals surface area (Å²) >= 11 is 0. The highest BCUT2D eigenvalue weighted by Gasteiger charge is 2.27. The molecule has 7 nitrogen and oxygen atoms in total. The summed E-state index contributed by atoms with van der Waals surface area (Å²) < 4.78 is 50.8. The highest BCUT2D eigenvalue weighted by atomic mass is 32.2. The molecule has 0 aromatic heterocycles. The molecule has 0 saturated carbocycles. The Morgan fingerprint density at radius 2 is 1.61 bits per heavy atom. The summed E-state index contributed by atoms with van der Waals surface area (Å²) in [6.07, 6.45) is -0.689. The Morgan fingerprint density at radius 3 is 2.17 bits per heavy atom. The summed E-state index contributed by atoms with van der Waals surface area (Å²) in [6.45, 7) is 0. The third-order valence-electron chi connectivity index (χ3n) is 3.33. The van der Waals surface area contributed by atoms with Crippen LogP contribution in [-0.4, -0.2) is 8.42 Å². The standard InChI is InChI=1S/C13H13F2N5O2S/c14-8-4-7(5-9(15)6-8)10-2-1-3-11(23(16,21)22)12(10)13-17-19-20-18-13/h1-6,13,17-20H,(H2,16,21,22). The Bertz CT molecular complexity index is 833. The van der Waals surface area contributed by atoms with Gasteiger partial charge in [-0.1, -0.05) is 12.1 Å². The maximum Gasteiger partial charge on any atom is 0.238 e. The summed E-state index contributed by atoms with van der Waals surface area (Å²) in [7, 11) is -4.04. The third kappa shape index (κ3) is 3.22. The molecule has 0 spiro atoms. The highest BCUT2D eigenvalue weighted by molar-refractivity contribution is 7.89. The molecule has 0 radical (unpaired) electrons. The van der Waals surface area contributed by atoms with Crippen LogP contribution in [0.25, 0.3) is 11.1 Å². The lowest BCUT2D eigenvalue weighted by Gasteiger charge is -2.18. The average molecular weight is 341 g/mol. The Hall–Kier alpha value is -1.95. The maximum atomic E-state index is 13.5. The third-order valence-corrected chi connectivity index (χ3v) is 4.30. The first kappa shape index (κ1) is 15.9. The summed E-state index contributed by atoms with van der Waals surface area (Å²) in [4.78, 5) is -0.157. The van der Waals surface area contributed by atoms with Gasteiger partial charge in [-0.2, -0.15) is 11.1 Å². The molecule has 6 N–H and O–H groups in total. The summed E-state index contributed by atoms with van der Waals surface area (Å²) in [5.74, 6) is -1.54. The molecule has 1 aliphatic rings. The lowest BCUT2D eigenvalue weighted by Crippen LogP contribution is -2.33. The van der Waals surface area contributed by atoms with E-state index in [0.29, 0.717) is 5.56 Å². The van der Waals surface area contributed by atoms with Crippen LogP contribution in [0.2, 0.25) is 0 Å². The van der Waals surface area contributed by atoms with Gasteiger partial charge < -0.3 is 0 Å². The molecule has 0 amide bonds. The monoisotopic (exact) mass is 341 g/mol. The van der Waals surface area contributed by atoms with Crippen LogP contribution in [-0.2, 0) is 10.0 Å². The van der Waals surface area contributed by atoms with E-state index in [4.69, 9.17) is 5.14 Å². The number of benzene rings is 2. The number of hydrogen-bond donors (Lipinski definition) is 5. The molecular formula is C13H13F2N5O2S. The van der Waals surface area contributed by atoms with Crippen molar-refractivity contribution in [1.82, 2.24) is 21.9 Å². The predicted molar refractivity (Wildman–Crippen MR) is 78.5 cm³/mol. The number of hydrazine groups is 3. The van der Waals surface area contributed by atoms with Crippen molar-refractivity contribution in [3.05, 3.63) is 53.6 Å². The van der Waals surface area contributed by atoms with Crippen molar-refractivity contribution in [3.8, 4) is 11.1 Å². The number of primary sulfonamides is 1. The number of nitrogens with two attached hydrogens (primary N) is 1. The van der Waals surface area contributed by atoms with Gasteiger partial charge in [-0.05, 0) is 29.3 Å². The van der Waals surface area contributed by atoms with Crippen LogP contribution in [0.3, 0.4) is 0 Å². The molecule has 122 valence electrons. The van der Waals surface area contributed by atoms with Gasteiger partial charge in [-0.25, -0.2) is 33.2 Å². The van der Waals surface area contributed by atoms with E-state index < -0.39 is 27.8 Å². The molecule has 1 saturated heterocycles. The molecule has 0 unspecified atom stereocenters. The van der Waals surface area contributed by atoms with Gasteiger partial charge in [0, 0.05) is 11.6 Å². The maximum absolute atomic E-state index is 13.5. The molecule has 1 fully saturated rings. The van der Waals surface area contributed by atoms with Crippen molar-refractivity contribution in [2.45, 2.75) is 11.1 Å². The zero-order chi connectivity index (χ0) is 16.6. The zero-order valence-corrected chi connectivity index (χ0v) is 12.4. The van der Waals surface area contributed by atoms with Crippen LogP contribution in [0.15, 0.2) is 41.3 Å². The van der Waals surface area contributed by atoms with Crippen molar-refractivity contribution in [3.63, 3.8) is 0 Å². The van der Waals surface area contributed by atoms with Crippen LogP contribution in [0.4, 0.5) is 8.78 Å². The fourth-order valence-corrected chi connectivity index (χ4v) is 3.25. The van der Waals surface area contributed by atoms with Gasteiger partial charge >= 0.3 is 0 Å². The number of rotatable bonds is 3. The first-order chi connectivity index (χ1) is 10.9. The van der Waals surface area contributed by atoms with Gasteiger partial charge in [0.1, 0.15) is 17.8 Å². The average Bonchev–Trinajstić information content (AvgIpc) is 2.98. The second-order valence-corrected chi connectivity index (χ2v) is 6.42. The number of hydrogen-bond acceptors (Lipinski definition) is 6. The molecule has 0 bridgehead atoms. The highest BCUT2D eigenvalue weighted by Crippen LogP contribution is 2.33. The van der Waals surface area contributed by atoms with Crippen LogP contribution >= 0.6 is 0 Å². The van der Waals surface area contributed by atoms with Crippen molar-refractivity contribution >= 4 is 10.0 Å². The van der Waals surface area contributed by atoms with Gasteiger partial charge in [0.25, 0.3) is 0 Å². The minimum Gasteiger partial charge on any atom is -0.225 e. The molecule has 2 aromatic carbocycles. The molecule has 1 heterocycles. The van der Waals surface area contributed by atoms with Crippen molar-refractivity contribution in [1.29, 1.82) is 0 Å². The van der Waals surface area contributed by atoms with E-state index in [1.54, 1.807) is 6.07 Å². The van der Waals surface area contributed by atoms with Crippen LogP contribution in [0.5, 0.6) is 0 Å². The molecular weight excluding hydrogens is 328 g/mol. The number of nitrogens with one attached hydrogen (secondary N) is 4. The quantitative estimate of drug-likeness (QED) is 0.553. The summed E-state index contributed by atoms with van der Waals surface area (Å²) in [5.41, 5.74) is 11.4. The number of halogens is 2. The Balaban J connectivity index is 2.27. The molecule has 2 aromatic rings. The number of sulfonamides is 1. The topological polar surface area (TPSA) is 108 Å². The first-order valence-corrected chi connectivity index (χ1v) is 8.04. The van der Waals surface area contributed by atoms with Gasteiger partial charge in [0.05, 0.1) is 4.90 Å². The van der Waals surface area contributed by atoms with E-state index in [9.17, 15) is 17.2 Å². The van der Waals surface area contributed by atoms with Crippen molar-refractivity contribution < 1.29 is 17.2 Å². The second-order valence-electron chi connectivity index (χ2n) is 4.89. The normalized spacial score (nSPS) is 16.0. The van der Waals surface area contributed by atoms with E-state index in [1.807, 2.05) is 0 Å². The summed E-state index contributed by atoms with van der Waals surface area (Å²) in [6, 6.07) is 7.31. The Morgan fingerprint density at radius 1 is 1.00 bits per heavy atom. The van der Waals surface area contributed by atoms with E-state index in [1.165, 1.54) is 12.1 Å². The molecule has 0 atom stereocenters. The lowest BCUT2D eigenvalue weighted by atomic mass is 9.97. The van der Waals surface area contributed by atoms with Gasteiger partial charge in [-0.3, -0.25) is 0 Å². The van der Waals surface area contributed by atoms with Gasteiger partial charge in [-0.15, -0.1) is 0 Å². The molecule has 10 heteroatoms. The molecule has 3 rings (SSSR count). The smallest absolute Gasteiger partial charge is 0.225 e. The van der Waals surface area contributed by atoms with E-state index in [0.717, 1.165) is 18.2 Å². The van der Waals surface area contributed by atoms with Crippen molar-refractivity contribution in [2.75, 3.05) is 0 Å². The lowest BCUT2D eigenvalue weighted by molar-refractivity contribution is 0.540. The van der Waals surface area contributed by atoms with Gasteiger partial charge in [0.2, 0.25) is 10.0 Å².